The lowest BCUT2D eigenvalue weighted by molar-refractivity contribution is -0.110. The van der Waals surface area contributed by atoms with Gasteiger partial charge >= 0.3 is 5.97 Å². The van der Waals surface area contributed by atoms with Crippen LogP contribution in [-0.2, 0) is 14.3 Å². The van der Waals surface area contributed by atoms with Crippen molar-refractivity contribution in [3.63, 3.8) is 0 Å². The van der Waals surface area contributed by atoms with E-state index in [1.165, 1.54) is 0 Å². The Morgan fingerprint density at radius 3 is 2.78 bits per heavy atom. The molecule has 32 heavy (non-hydrogen) atoms. The fourth-order valence-electron chi connectivity index (χ4n) is 3.38. The number of nitrogens with one attached hydrogen (secondary N) is 2. The van der Waals surface area contributed by atoms with E-state index in [0.717, 1.165) is 38.1 Å². The number of aromatic amines is 1. The molecule has 0 unspecified atom stereocenters. The van der Waals surface area contributed by atoms with Gasteiger partial charge in [-0.25, -0.2) is 14.8 Å². The van der Waals surface area contributed by atoms with E-state index in [9.17, 15) is 9.59 Å². The lowest BCUT2D eigenvalue weighted by Crippen LogP contribution is -2.22. The van der Waals surface area contributed by atoms with Crippen LogP contribution in [0.4, 0.5) is 11.6 Å². The molecule has 2 N–H and O–H groups in total. The van der Waals surface area contributed by atoms with E-state index in [1.54, 1.807) is 25.3 Å². The molecule has 0 aliphatic carbocycles. The zero-order valence-electron chi connectivity index (χ0n) is 19.2. The maximum atomic E-state index is 12.6. The zero-order valence-corrected chi connectivity index (χ0v) is 19.2. The molecule has 1 amide bonds. The molecular formula is C23H31N5O4. The van der Waals surface area contributed by atoms with Crippen molar-refractivity contribution in [2.75, 3.05) is 43.6 Å². The molecule has 0 radical (unpaired) electrons. The highest BCUT2D eigenvalue weighted by Gasteiger charge is 2.28. The van der Waals surface area contributed by atoms with Gasteiger partial charge in [-0.2, -0.15) is 0 Å². The van der Waals surface area contributed by atoms with Crippen LogP contribution >= 0.6 is 0 Å². The first kappa shape index (κ1) is 23.5. The van der Waals surface area contributed by atoms with Gasteiger partial charge in [0.1, 0.15) is 5.69 Å². The first-order valence-electron chi connectivity index (χ1n) is 11.0. The number of unbranched alkanes of at least 4 members (excludes halogenated alkanes) is 1. The van der Waals surface area contributed by atoms with Crippen LogP contribution in [0.3, 0.4) is 0 Å². The van der Waals surface area contributed by atoms with E-state index in [4.69, 9.17) is 9.47 Å². The van der Waals surface area contributed by atoms with Gasteiger partial charge in [0.2, 0.25) is 5.95 Å². The lowest BCUT2D eigenvalue weighted by atomic mass is 10.1. The topological polar surface area (TPSA) is 109 Å². The number of hydrogen-bond donors (Lipinski definition) is 2. The molecule has 172 valence electrons. The number of aryl methyl sites for hydroxylation is 1. The van der Waals surface area contributed by atoms with Crippen LogP contribution < -0.4 is 10.2 Å². The van der Waals surface area contributed by atoms with Crippen molar-refractivity contribution in [1.29, 1.82) is 0 Å². The summed E-state index contributed by atoms with van der Waals surface area (Å²) in [5.41, 5.74) is 3.11. The average Bonchev–Trinajstić information content (AvgIpc) is 3.29. The molecular weight excluding hydrogens is 410 g/mol. The van der Waals surface area contributed by atoms with Gasteiger partial charge in [-0.1, -0.05) is 13.3 Å². The summed E-state index contributed by atoms with van der Waals surface area (Å²) in [6.07, 6.45) is 6.29. The molecule has 3 rings (SSSR count). The zero-order chi connectivity index (χ0) is 23.1. The van der Waals surface area contributed by atoms with Crippen LogP contribution in [0.5, 0.6) is 0 Å². The number of nitrogens with zero attached hydrogens (tertiary/aromatic N) is 3. The van der Waals surface area contributed by atoms with E-state index in [1.807, 2.05) is 18.9 Å². The Hall–Kier alpha value is -3.20. The molecule has 0 atom stereocenters. The third-order valence-electron chi connectivity index (χ3n) is 5.06. The summed E-state index contributed by atoms with van der Waals surface area (Å²) in [6, 6.07) is 1.71. The van der Waals surface area contributed by atoms with Crippen molar-refractivity contribution >= 4 is 35.2 Å². The van der Waals surface area contributed by atoms with E-state index in [0.29, 0.717) is 40.8 Å². The minimum absolute atomic E-state index is 0.273. The second-order valence-electron chi connectivity index (χ2n) is 7.69. The molecule has 1 aliphatic heterocycles. The SMILES string of the molecule is CCCCOCCCN(C)c1ncc2c(n1)/C(=C/c1[nH]c(C)cc1C(=O)OCC)C(=O)N2. The molecule has 0 spiro atoms. The minimum Gasteiger partial charge on any atom is -0.462 e. The van der Waals surface area contributed by atoms with E-state index < -0.39 is 5.97 Å². The van der Waals surface area contributed by atoms with Gasteiger partial charge in [-0.3, -0.25) is 4.79 Å². The van der Waals surface area contributed by atoms with Crippen molar-refractivity contribution in [2.24, 2.45) is 0 Å². The molecule has 0 bridgehead atoms. The van der Waals surface area contributed by atoms with Crippen LogP contribution in [0.1, 0.15) is 60.5 Å². The average molecular weight is 442 g/mol. The van der Waals surface area contributed by atoms with Gasteiger partial charge in [0, 0.05) is 32.5 Å². The summed E-state index contributed by atoms with van der Waals surface area (Å²) in [5.74, 6) is -0.208. The van der Waals surface area contributed by atoms with Crippen molar-refractivity contribution < 1.29 is 19.1 Å². The predicted molar refractivity (Wildman–Crippen MR) is 124 cm³/mol. The summed E-state index contributed by atoms with van der Waals surface area (Å²) in [6.45, 7) is 8.20. The molecule has 9 heteroatoms. The second-order valence-corrected chi connectivity index (χ2v) is 7.69. The molecule has 1 aliphatic rings. The van der Waals surface area contributed by atoms with Gasteiger partial charge in [0.15, 0.2) is 0 Å². The van der Waals surface area contributed by atoms with Gasteiger partial charge in [-0.15, -0.1) is 0 Å². The molecule has 2 aromatic heterocycles. The van der Waals surface area contributed by atoms with E-state index in [-0.39, 0.29) is 12.5 Å². The number of carbonyl (C=O) groups is 2. The maximum Gasteiger partial charge on any atom is 0.340 e. The maximum absolute atomic E-state index is 12.6. The Morgan fingerprint density at radius 1 is 1.25 bits per heavy atom. The van der Waals surface area contributed by atoms with Gasteiger partial charge in [0.25, 0.3) is 5.91 Å². The Labute approximate surface area is 188 Å². The highest BCUT2D eigenvalue weighted by Crippen LogP contribution is 2.32. The first-order valence-corrected chi connectivity index (χ1v) is 11.0. The van der Waals surface area contributed by atoms with Crippen molar-refractivity contribution in [3.05, 3.63) is 34.9 Å². The van der Waals surface area contributed by atoms with E-state index >= 15 is 0 Å². The first-order chi connectivity index (χ1) is 15.4. The predicted octanol–water partition coefficient (Wildman–Crippen LogP) is 3.43. The highest BCUT2D eigenvalue weighted by atomic mass is 16.5. The molecule has 0 fully saturated rings. The summed E-state index contributed by atoms with van der Waals surface area (Å²) in [4.78, 5) is 39.0. The number of fused-ring (bicyclic) bond motifs is 1. The normalized spacial score (nSPS) is 13.9. The molecule has 9 nitrogen and oxygen atoms in total. The number of aromatic nitrogens is 3. The minimum atomic E-state index is -0.438. The quantitative estimate of drug-likeness (QED) is 0.312. The monoisotopic (exact) mass is 441 g/mol. The smallest absolute Gasteiger partial charge is 0.340 e. The standard InChI is InChI=1S/C23H31N5O4/c1-5-7-10-31-11-8-9-28(4)23-24-14-19-20(27-23)17(21(29)26-19)13-18-16(12-15(3)25-18)22(30)32-6-2/h12-14,25H,5-11H2,1-4H3,(H,26,29)/b17-13-. The molecule has 0 saturated carbocycles. The summed E-state index contributed by atoms with van der Waals surface area (Å²) in [7, 11) is 1.91. The van der Waals surface area contributed by atoms with Crippen LogP contribution in [-0.4, -0.2) is 60.2 Å². The number of anilines is 2. The van der Waals surface area contributed by atoms with Gasteiger partial charge in [-0.05, 0) is 38.8 Å². The Kier molecular flexibility index (Phi) is 7.99. The number of H-pyrrole nitrogens is 1. The number of rotatable bonds is 11. The van der Waals surface area contributed by atoms with Crippen molar-refractivity contribution in [2.45, 2.75) is 40.0 Å². The van der Waals surface area contributed by atoms with Crippen LogP contribution in [0.25, 0.3) is 11.6 Å². The van der Waals surface area contributed by atoms with Gasteiger partial charge < -0.3 is 24.7 Å². The molecule has 3 heterocycles. The fourth-order valence-corrected chi connectivity index (χ4v) is 3.38. The van der Waals surface area contributed by atoms with Crippen molar-refractivity contribution in [3.8, 4) is 0 Å². The number of carbonyl (C=O) groups excluding carboxylic acids is 2. The third kappa shape index (κ3) is 5.53. The molecule has 2 aromatic rings. The summed E-state index contributed by atoms with van der Waals surface area (Å²) in [5, 5.41) is 2.79. The number of amides is 1. The number of esters is 1. The summed E-state index contributed by atoms with van der Waals surface area (Å²) < 4.78 is 10.7. The van der Waals surface area contributed by atoms with Crippen molar-refractivity contribution in [1.82, 2.24) is 15.0 Å². The second kappa shape index (κ2) is 10.9. The molecule has 0 aromatic carbocycles. The summed E-state index contributed by atoms with van der Waals surface area (Å²) >= 11 is 0. The Morgan fingerprint density at radius 2 is 2.03 bits per heavy atom. The highest BCUT2D eigenvalue weighted by molar-refractivity contribution is 6.34. The van der Waals surface area contributed by atoms with Crippen LogP contribution in [0, 0.1) is 6.92 Å². The lowest BCUT2D eigenvalue weighted by Gasteiger charge is -2.17. The number of hydrogen-bond acceptors (Lipinski definition) is 7. The largest absolute Gasteiger partial charge is 0.462 e. The Balaban J connectivity index is 1.79. The Bertz CT molecular complexity index is 998. The number of ether oxygens (including phenoxy) is 2. The molecule has 0 saturated heterocycles. The fraction of sp³-hybridized carbons (Fsp3) is 0.478. The van der Waals surface area contributed by atoms with Gasteiger partial charge in [0.05, 0.1) is 35.3 Å². The van der Waals surface area contributed by atoms with Crippen LogP contribution in [0.2, 0.25) is 0 Å². The third-order valence-corrected chi connectivity index (χ3v) is 5.06. The van der Waals surface area contributed by atoms with Crippen LogP contribution in [0.15, 0.2) is 12.3 Å². The van der Waals surface area contributed by atoms with E-state index in [2.05, 4.69) is 27.2 Å².